The Morgan fingerprint density at radius 2 is 1.26 bits per heavy atom. The Hall–Kier alpha value is -4.63. The molecule has 1 aromatic heterocycles. The Labute approximate surface area is 203 Å². The van der Waals surface area contributed by atoms with E-state index in [0.717, 1.165) is 55.7 Å². The average molecular weight is 451 g/mol. The molecule has 5 aromatic carbocycles. The first-order valence-electron chi connectivity index (χ1n) is 11.8. The van der Waals surface area contributed by atoms with Gasteiger partial charge >= 0.3 is 0 Å². The number of anilines is 1. The van der Waals surface area contributed by atoms with Crippen LogP contribution >= 0.6 is 0 Å². The highest BCUT2D eigenvalue weighted by Gasteiger charge is 2.25. The zero-order valence-electron chi connectivity index (χ0n) is 19.0. The standard InChI is InChI=1S/C32H22N2O/c1-3-9-21(10-4-1)31-32(22-11-5-2-6-12-22)34-28-19-23(16-18-27(28)33-31)24-15-17-26-25-13-7-8-14-29(25)35-30(26)20-24/h1-20,32,34H. The maximum absolute atomic E-state index is 6.13. The third-order valence-electron chi connectivity index (χ3n) is 6.73. The molecule has 1 atom stereocenters. The zero-order chi connectivity index (χ0) is 23.2. The maximum atomic E-state index is 6.13. The number of nitrogens with one attached hydrogen (secondary N) is 1. The summed E-state index contributed by atoms with van der Waals surface area (Å²) in [5.41, 5.74) is 9.39. The van der Waals surface area contributed by atoms with Gasteiger partial charge in [-0.05, 0) is 52.6 Å². The maximum Gasteiger partial charge on any atom is 0.136 e. The minimum absolute atomic E-state index is 0.0285. The summed E-state index contributed by atoms with van der Waals surface area (Å²) >= 11 is 0. The van der Waals surface area contributed by atoms with E-state index in [1.807, 2.05) is 30.3 Å². The van der Waals surface area contributed by atoms with Gasteiger partial charge in [-0.15, -0.1) is 0 Å². The van der Waals surface area contributed by atoms with Crippen LogP contribution in [0.3, 0.4) is 0 Å². The first-order valence-corrected chi connectivity index (χ1v) is 11.8. The van der Waals surface area contributed by atoms with E-state index in [0.29, 0.717) is 0 Å². The van der Waals surface area contributed by atoms with Crippen LogP contribution in [0.25, 0.3) is 33.1 Å². The van der Waals surface area contributed by atoms with Gasteiger partial charge in [0.15, 0.2) is 0 Å². The van der Waals surface area contributed by atoms with Gasteiger partial charge in [-0.1, -0.05) is 91.0 Å². The van der Waals surface area contributed by atoms with Crippen molar-refractivity contribution < 1.29 is 4.42 Å². The van der Waals surface area contributed by atoms with Crippen LogP contribution in [0.4, 0.5) is 11.4 Å². The third-order valence-corrected chi connectivity index (χ3v) is 6.73. The van der Waals surface area contributed by atoms with Gasteiger partial charge in [0.1, 0.15) is 11.2 Å². The normalized spacial score (nSPS) is 15.0. The monoisotopic (exact) mass is 450 g/mol. The van der Waals surface area contributed by atoms with Gasteiger partial charge in [0.2, 0.25) is 0 Å². The summed E-state index contributed by atoms with van der Waals surface area (Å²) in [5, 5.41) is 6.06. The van der Waals surface area contributed by atoms with Crippen molar-refractivity contribution in [3.8, 4) is 11.1 Å². The molecule has 0 bridgehead atoms. The molecule has 1 unspecified atom stereocenters. The molecule has 2 heterocycles. The van der Waals surface area contributed by atoms with Crippen molar-refractivity contribution in [1.29, 1.82) is 0 Å². The minimum Gasteiger partial charge on any atom is -0.456 e. The Bertz CT molecular complexity index is 1720. The molecular weight excluding hydrogens is 428 g/mol. The smallest absolute Gasteiger partial charge is 0.136 e. The fourth-order valence-corrected chi connectivity index (χ4v) is 4.98. The highest BCUT2D eigenvalue weighted by molar-refractivity contribution is 6.10. The Balaban J connectivity index is 1.33. The van der Waals surface area contributed by atoms with Gasteiger partial charge in [0, 0.05) is 10.8 Å². The molecule has 166 valence electrons. The molecule has 0 saturated heterocycles. The van der Waals surface area contributed by atoms with Crippen molar-refractivity contribution in [1.82, 2.24) is 0 Å². The fraction of sp³-hybridized carbons (Fsp3) is 0.0312. The Kier molecular flexibility index (Phi) is 4.52. The Morgan fingerprint density at radius 3 is 2.11 bits per heavy atom. The van der Waals surface area contributed by atoms with Gasteiger partial charge in [0.25, 0.3) is 0 Å². The van der Waals surface area contributed by atoms with E-state index in [2.05, 4.69) is 96.3 Å². The lowest BCUT2D eigenvalue weighted by Crippen LogP contribution is -2.24. The van der Waals surface area contributed by atoms with E-state index in [1.54, 1.807) is 0 Å². The lowest BCUT2D eigenvalue weighted by atomic mass is 9.93. The average Bonchev–Trinajstić information content (AvgIpc) is 3.31. The molecule has 35 heavy (non-hydrogen) atoms. The summed E-state index contributed by atoms with van der Waals surface area (Å²) in [6, 6.07) is 42.0. The number of hydrogen-bond donors (Lipinski definition) is 1. The summed E-state index contributed by atoms with van der Waals surface area (Å²) in [6.45, 7) is 0. The van der Waals surface area contributed by atoms with Gasteiger partial charge < -0.3 is 9.73 Å². The van der Waals surface area contributed by atoms with Crippen molar-refractivity contribution in [2.75, 3.05) is 5.32 Å². The predicted molar refractivity (Wildman–Crippen MR) is 145 cm³/mol. The molecule has 0 saturated carbocycles. The topological polar surface area (TPSA) is 37.5 Å². The summed E-state index contributed by atoms with van der Waals surface area (Å²) in [5.74, 6) is 0. The fourth-order valence-electron chi connectivity index (χ4n) is 4.98. The van der Waals surface area contributed by atoms with Crippen LogP contribution in [-0.4, -0.2) is 5.71 Å². The second-order valence-electron chi connectivity index (χ2n) is 8.89. The molecule has 0 aliphatic carbocycles. The lowest BCUT2D eigenvalue weighted by Gasteiger charge is -2.28. The largest absolute Gasteiger partial charge is 0.456 e. The van der Waals surface area contributed by atoms with Crippen LogP contribution in [0.2, 0.25) is 0 Å². The molecule has 1 N–H and O–H groups in total. The third kappa shape index (κ3) is 3.41. The van der Waals surface area contributed by atoms with Crippen LogP contribution in [0.1, 0.15) is 17.2 Å². The molecule has 6 aromatic rings. The number of para-hydroxylation sites is 1. The van der Waals surface area contributed by atoms with Crippen molar-refractivity contribution >= 4 is 39.0 Å². The molecule has 1 aliphatic heterocycles. The first-order chi connectivity index (χ1) is 17.3. The highest BCUT2D eigenvalue weighted by Crippen LogP contribution is 2.40. The highest BCUT2D eigenvalue weighted by atomic mass is 16.3. The summed E-state index contributed by atoms with van der Waals surface area (Å²) in [4.78, 5) is 5.12. The van der Waals surface area contributed by atoms with Crippen LogP contribution in [0.5, 0.6) is 0 Å². The van der Waals surface area contributed by atoms with Crippen LogP contribution in [0.15, 0.2) is 131 Å². The summed E-state index contributed by atoms with van der Waals surface area (Å²) in [6.07, 6.45) is 0. The molecule has 3 heteroatoms. The van der Waals surface area contributed by atoms with E-state index >= 15 is 0 Å². The number of fused-ring (bicyclic) bond motifs is 4. The molecule has 0 radical (unpaired) electrons. The zero-order valence-corrected chi connectivity index (χ0v) is 19.0. The summed E-state index contributed by atoms with van der Waals surface area (Å²) in [7, 11) is 0. The van der Waals surface area contributed by atoms with E-state index in [-0.39, 0.29) is 6.04 Å². The number of aliphatic imine (C=N–C) groups is 1. The van der Waals surface area contributed by atoms with Crippen molar-refractivity contribution in [2.45, 2.75) is 6.04 Å². The van der Waals surface area contributed by atoms with E-state index in [4.69, 9.17) is 9.41 Å². The van der Waals surface area contributed by atoms with Crippen molar-refractivity contribution in [2.24, 2.45) is 4.99 Å². The van der Waals surface area contributed by atoms with E-state index < -0.39 is 0 Å². The van der Waals surface area contributed by atoms with Crippen LogP contribution < -0.4 is 5.32 Å². The quantitative estimate of drug-likeness (QED) is 0.293. The molecule has 3 nitrogen and oxygen atoms in total. The Morgan fingerprint density at radius 1 is 0.571 bits per heavy atom. The van der Waals surface area contributed by atoms with Crippen LogP contribution in [0, 0.1) is 0 Å². The SMILES string of the molecule is c1ccc(C2=Nc3ccc(-c4ccc5c(c4)oc4ccccc45)cc3NC2c2ccccc2)cc1. The van der Waals surface area contributed by atoms with Crippen LogP contribution in [-0.2, 0) is 0 Å². The lowest BCUT2D eigenvalue weighted by molar-refractivity contribution is 0.669. The molecule has 7 rings (SSSR count). The van der Waals surface area contributed by atoms with E-state index in [9.17, 15) is 0 Å². The minimum atomic E-state index is -0.0285. The number of rotatable bonds is 3. The molecular formula is C32H22N2O. The van der Waals surface area contributed by atoms with Gasteiger partial charge in [0.05, 0.1) is 23.1 Å². The number of benzene rings is 5. The predicted octanol–water partition coefficient (Wildman–Crippen LogP) is 8.54. The molecule has 0 spiro atoms. The molecule has 1 aliphatic rings. The van der Waals surface area contributed by atoms with Crippen molar-refractivity contribution in [3.05, 3.63) is 132 Å². The van der Waals surface area contributed by atoms with Gasteiger partial charge in [-0.25, -0.2) is 4.99 Å². The number of nitrogens with zero attached hydrogens (tertiary/aromatic N) is 1. The van der Waals surface area contributed by atoms with E-state index in [1.165, 1.54) is 5.56 Å². The summed E-state index contributed by atoms with van der Waals surface area (Å²) < 4.78 is 6.13. The van der Waals surface area contributed by atoms with Gasteiger partial charge in [-0.3, -0.25) is 0 Å². The van der Waals surface area contributed by atoms with Gasteiger partial charge in [-0.2, -0.15) is 0 Å². The van der Waals surface area contributed by atoms with Crippen molar-refractivity contribution in [3.63, 3.8) is 0 Å². The number of furan rings is 1. The molecule has 0 amide bonds. The second kappa shape index (κ2) is 8.00. The number of hydrogen-bond acceptors (Lipinski definition) is 3. The second-order valence-corrected chi connectivity index (χ2v) is 8.89. The first kappa shape index (κ1) is 19.8. The molecule has 0 fully saturated rings.